The molecule has 1 N–H and O–H groups in total. The van der Waals surface area contributed by atoms with Crippen molar-refractivity contribution in [1.82, 2.24) is 0 Å². The fraction of sp³-hybridized carbons (Fsp3) is 0.833. The molecule has 0 aromatic carbocycles. The highest BCUT2D eigenvalue weighted by atomic mass is 16.3. The standard InChI is InChI=1S/C12H20O/c1-8-3-5-10(7-13)12-9(2)4-6-11(8)12/h8,10-11,13H,3-7H2,1-2H3/t8-,10+,11-/m1/s1. The number of rotatable bonds is 1. The van der Waals surface area contributed by atoms with Crippen LogP contribution in [0.4, 0.5) is 0 Å². The van der Waals surface area contributed by atoms with Crippen molar-refractivity contribution in [2.75, 3.05) is 6.61 Å². The third-order valence-electron chi connectivity index (χ3n) is 4.04. The maximum absolute atomic E-state index is 9.31. The summed E-state index contributed by atoms with van der Waals surface area (Å²) in [6.45, 7) is 5.00. The van der Waals surface area contributed by atoms with E-state index in [0.29, 0.717) is 12.5 Å². The summed E-state index contributed by atoms with van der Waals surface area (Å²) >= 11 is 0. The first-order valence-corrected chi connectivity index (χ1v) is 5.54. The predicted molar refractivity (Wildman–Crippen MR) is 54.4 cm³/mol. The van der Waals surface area contributed by atoms with Crippen LogP contribution in [-0.4, -0.2) is 11.7 Å². The smallest absolute Gasteiger partial charge is 0.0496 e. The summed E-state index contributed by atoms with van der Waals surface area (Å²) in [7, 11) is 0. The van der Waals surface area contributed by atoms with Crippen LogP contribution in [0, 0.1) is 17.8 Å². The van der Waals surface area contributed by atoms with Gasteiger partial charge in [-0.3, -0.25) is 0 Å². The number of hydrogen-bond acceptors (Lipinski definition) is 1. The van der Waals surface area contributed by atoms with Gasteiger partial charge >= 0.3 is 0 Å². The average Bonchev–Trinajstić information content (AvgIpc) is 2.51. The largest absolute Gasteiger partial charge is 0.396 e. The summed E-state index contributed by atoms with van der Waals surface area (Å²) in [4.78, 5) is 0. The van der Waals surface area contributed by atoms with Crippen LogP contribution >= 0.6 is 0 Å². The molecular formula is C12H20O. The first-order valence-electron chi connectivity index (χ1n) is 5.54. The normalized spacial score (nSPS) is 39.5. The Morgan fingerprint density at radius 2 is 2.08 bits per heavy atom. The molecule has 1 fully saturated rings. The van der Waals surface area contributed by atoms with E-state index in [-0.39, 0.29) is 0 Å². The first-order chi connectivity index (χ1) is 6.24. The third-order valence-corrected chi connectivity index (χ3v) is 4.04. The quantitative estimate of drug-likeness (QED) is 0.615. The van der Waals surface area contributed by atoms with Crippen LogP contribution in [0.5, 0.6) is 0 Å². The molecule has 0 aromatic heterocycles. The molecule has 0 heterocycles. The Hall–Kier alpha value is -0.300. The van der Waals surface area contributed by atoms with Gasteiger partial charge in [-0.2, -0.15) is 0 Å². The Morgan fingerprint density at radius 1 is 1.31 bits per heavy atom. The van der Waals surface area contributed by atoms with Gasteiger partial charge in [-0.25, -0.2) is 0 Å². The van der Waals surface area contributed by atoms with Crippen molar-refractivity contribution in [2.45, 2.75) is 39.5 Å². The second-order valence-electron chi connectivity index (χ2n) is 4.81. The fourth-order valence-corrected chi connectivity index (χ4v) is 3.24. The summed E-state index contributed by atoms with van der Waals surface area (Å²) in [6.07, 6.45) is 5.15. The topological polar surface area (TPSA) is 20.2 Å². The van der Waals surface area contributed by atoms with E-state index < -0.39 is 0 Å². The molecule has 74 valence electrons. The molecule has 0 saturated heterocycles. The van der Waals surface area contributed by atoms with E-state index in [4.69, 9.17) is 0 Å². The highest BCUT2D eigenvalue weighted by Crippen LogP contribution is 2.47. The molecule has 3 atom stereocenters. The molecule has 2 rings (SSSR count). The lowest BCUT2D eigenvalue weighted by molar-refractivity contribution is 0.187. The lowest BCUT2D eigenvalue weighted by Crippen LogP contribution is -2.26. The summed E-state index contributed by atoms with van der Waals surface area (Å²) in [5.41, 5.74) is 3.21. The van der Waals surface area contributed by atoms with Crippen LogP contribution in [0.15, 0.2) is 11.1 Å². The predicted octanol–water partition coefficient (Wildman–Crippen LogP) is 2.75. The van der Waals surface area contributed by atoms with E-state index in [0.717, 1.165) is 11.8 Å². The minimum absolute atomic E-state index is 0.371. The molecule has 0 spiro atoms. The van der Waals surface area contributed by atoms with Gasteiger partial charge in [0.15, 0.2) is 0 Å². The van der Waals surface area contributed by atoms with Crippen molar-refractivity contribution in [3.63, 3.8) is 0 Å². The summed E-state index contributed by atoms with van der Waals surface area (Å²) < 4.78 is 0. The van der Waals surface area contributed by atoms with E-state index >= 15 is 0 Å². The van der Waals surface area contributed by atoms with E-state index in [1.807, 2.05) is 0 Å². The van der Waals surface area contributed by atoms with Gasteiger partial charge in [0.25, 0.3) is 0 Å². The number of aliphatic hydroxyl groups excluding tert-OH is 1. The van der Waals surface area contributed by atoms with Gasteiger partial charge in [0, 0.05) is 12.5 Å². The van der Waals surface area contributed by atoms with Crippen molar-refractivity contribution in [3.8, 4) is 0 Å². The maximum atomic E-state index is 9.31. The molecule has 2 aliphatic rings. The second-order valence-corrected chi connectivity index (χ2v) is 4.81. The zero-order chi connectivity index (χ0) is 9.42. The zero-order valence-electron chi connectivity index (χ0n) is 8.71. The van der Waals surface area contributed by atoms with Crippen molar-refractivity contribution in [2.24, 2.45) is 17.8 Å². The number of allylic oxidation sites excluding steroid dienone is 1. The molecule has 0 amide bonds. The lowest BCUT2D eigenvalue weighted by Gasteiger charge is -2.34. The minimum Gasteiger partial charge on any atom is -0.396 e. The van der Waals surface area contributed by atoms with E-state index in [9.17, 15) is 5.11 Å². The second kappa shape index (κ2) is 3.45. The van der Waals surface area contributed by atoms with Crippen molar-refractivity contribution in [1.29, 1.82) is 0 Å². The molecular weight excluding hydrogens is 160 g/mol. The molecule has 1 nitrogen and oxygen atoms in total. The van der Waals surface area contributed by atoms with E-state index in [1.165, 1.54) is 25.7 Å². The lowest BCUT2D eigenvalue weighted by atomic mass is 9.72. The molecule has 0 radical (unpaired) electrons. The fourth-order valence-electron chi connectivity index (χ4n) is 3.24. The van der Waals surface area contributed by atoms with Crippen LogP contribution in [0.3, 0.4) is 0 Å². The van der Waals surface area contributed by atoms with Gasteiger partial charge in [0.05, 0.1) is 0 Å². The Bertz CT molecular complexity index is 229. The van der Waals surface area contributed by atoms with E-state index in [2.05, 4.69) is 13.8 Å². The minimum atomic E-state index is 0.371. The van der Waals surface area contributed by atoms with Crippen LogP contribution in [0.2, 0.25) is 0 Å². The molecule has 0 unspecified atom stereocenters. The molecule has 0 aliphatic heterocycles. The maximum Gasteiger partial charge on any atom is 0.0496 e. The van der Waals surface area contributed by atoms with Gasteiger partial charge in [-0.15, -0.1) is 0 Å². The molecule has 13 heavy (non-hydrogen) atoms. The first kappa shape index (κ1) is 9.26. The molecule has 2 aliphatic carbocycles. The Morgan fingerprint density at radius 3 is 2.77 bits per heavy atom. The number of fused-ring (bicyclic) bond motifs is 1. The van der Waals surface area contributed by atoms with Crippen molar-refractivity contribution < 1.29 is 5.11 Å². The molecule has 1 heteroatoms. The van der Waals surface area contributed by atoms with Gasteiger partial charge < -0.3 is 5.11 Å². The van der Waals surface area contributed by atoms with E-state index in [1.54, 1.807) is 11.1 Å². The average molecular weight is 180 g/mol. The van der Waals surface area contributed by atoms with Crippen LogP contribution in [0.1, 0.15) is 39.5 Å². The van der Waals surface area contributed by atoms with Crippen molar-refractivity contribution in [3.05, 3.63) is 11.1 Å². The summed E-state index contributed by atoms with van der Waals surface area (Å²) in [5, 5.41) is 9.31. The third kappa shape index (κ3) is 1.43. The Labute approximate surface area is 80.8 Å². The summed E-state index contributed by atoms with van der Waals surface area (Å²) in [5.74, 6) is 2.17. The number of hydrogen-bond donors (Lipinski definition) is 1. The zero-order valence-corrected chi connectivity index (χ0v) is 8.71. The van der Waals surface area contributed by atoms with Crippen molar-refractivity contribution >= 4 is 0 Å². The van der Waals surface area contributed by atoms with Crippen LogP contribution < -0.4 is 0 Å². The Balaban J connectivity index is 2.25. The van der Waals surface area contributed by atoms with Crippen LogP contribution in [0.25, 0.3) is 0 Å². The van der Waals surface area contributed by atoms with Crippen LogP contribution in [-0.2, 0) is 0 Å². The van der Waals surface area contributed by atoms with Gasteiger partial charge in [-0.05, 0) is 44.4 Å². The SMILES string of the molecule is CC1=C2[C@H](CO)CC[C@@H](C)[C@H]2CC1. The Kier molecular flexibility index (Phi) is 2.46. The summed E-state index contributed by atoms with van der Waals surface area (Å²) in [6, 6.07) is 0. The molecule has 1 saturated carbocycles. The number of aliphatic hydroxyl groups is 1. The molecule has 0 aromatic rings. The van der Waals surface area contributed by atoms with Gasteiger partial charge in [0.2, 0.25) is 0 Å². The monoisotopic (exact) mass is 180 g/mol. The van der Waals surface area contributed by atoms with Gasteiger partial charge in [-0.1, -0.05) is 18.1 Å². The highest BCUT2D eigenvalue weighted by Gasteiger charge is 2.36. The molecule has 0 bridgehead atoms. The highest BCUT2D eigenvalue weighted by molar-refractivity contribution is 5.26. The van der Waals surface area contributed by atoms with Gasteiger partial charge in [0.1, 0.15) is 0 Å².